The molecular formula is I2PbRb. The zero-order valence-electron chi connectivity index (χ0n) is 2.26. The minimum absolute atomic E-state index is 0. The van der Waals surface area contributed by atoms with Crippen LogP contribution in [0.5, 0.6) is 0 Å². The fourth-order valence-electron chi connectivity index (χ4n) is 0. The van der Waals surface area contributed by atoms with Crippen molar-refractivity contribution in [2.24, 2.45) is 0 Å². The quantitative estimate of drug-likeness (QED) is 0.315. The van der Waals surface area contributed by atoms with E-state index in [4.69, 9.17) is 0 Å². The van der Waals surface area contributed by atoms with E-state index in [-0.39, 0.29) is 73.8 Å². The molecule has 4 heavy (non-hydrogen) atoms. The summed E-state index contributed by atoms with van der Waals surface area (Å²) in [4.78, 5) is 0. The van der Waals surface area contributed by atoms with Crippen molar-refractivity contribution in [1.82, 2.24) is 0 Å². The maximum atomic E-state index is 2.47. The predicted octanol–water partition coefficient (Wildman–Crippen LogP) is 1.01. The fourth-order valence-corrected chi connectivity index (χ4v) is 0. The molecule has 0 spiro atoms. The van der Waals surface area contributed by atoms with E-state index in [1.54, 1.807) is 0 Å². The van der Waals surface area contributed by atoms with Crippen LogP contribution >= 0.6 is 35.5 Å². The van der Waals surface area contributed by atoms with Crippen LogP contribution in [0.2, 0.25) is 0 Å². The van der Waals surface area contributed by atoms with Crippen LogP contribution < -0.4 is 0 Å². The van der Waals surface area contributed by atoms with Crippen LogP contribution in [0.4, 0.5) is 0 Å². The molecule has 0 amide bonds. The van der Waals surface area contributed by atoms with Crippen LogP contribution in [0.1, 0.15) is 0 Å². The van der Waals surface area contributed by atoms with E-state index in [2.05, 4.69) is 35.5 Å². The predicted molar refractivity (Wildman–Crippen MR) is 39.5 cm³/mol. The molecule has 0 aromatic carbocycles. The molecule has 3 radical (unpaired) electrons. The molecule has 0 unspecified atom stereocenters. The van der Waals surface area contributed by atoms with E-state index < -0.39 is 0 Å². The van der Waals surface area contributed by atoms with Gasteiger partial charge < -0.3 is 0 Å². The second-order valence-corrected chi connectivity index (χ2v) is 28.2. The van der Waals surface area contributed by atoms with Gasteiger partial charge >= 0.3 is 51.2 Å². The van der Waals surface area contributed by atoms with Crippen molar-refractivity contribution >= 4 is 109 Å². The van der Waals surface area contributed by atoms with Gasteiger partial charge in [-0.15, -0.1) is 0 Å². The molecule has 19 valence electrons. The van der Waals surface area contributed by atoms with Crippen LogP contribution in [0.25, 0.3) is 0 Å². The summed E-state index contributed by atoms with van der Waals surface area (Å²) in [6, 6.07) is 0. The Kier molecular flexibility index (Phi) is 28.2. The van der Waals surface area contributed by atoms with E-state index in [1.165, 1.54) is 0 Å². The van der Waals surface area contributed by atoms with Crippen molar-refractivity contribution in [3.63, 3.8) is 0 Å². The zero-order valence-corrected chi connectivity index (χ0v) is 15.4. The van der Waals surface area contributed by atoms with Crippen molar-refractivity contribution in [2.75, 3.05) is 0 Å². The first-order valence-corrected chi connectivity index (χ1v) is 22.2. The minimum atomic E-state index is 0. The van der Waals surface area contributed by atoms with Crippen molar-refractivity contribution < 1.29 is 0 Å². The Labute approximate surface area is 105 Å². The van der Waals surface area contributed by atoms with Crippen LogP contribution in [0.3, 0.4) is 0 Å². The molecule has 0 saturated carbocycles. The molecule has 0 aromatic heterocycles. The Morgan fingerprint density at radius 1 is 1.25 bits per heavy atom. The van der Waals surface area contributed by atoms with Gasteiger partial charge in [-0.1, -0.05) is 0 Å². The normalized spacial score (nSPS) is 4.50. The summed E-state index contributed by atoms with van der Waals surface area (Å²) < 4.78 is 0. The molecule has 0 heterocycles. The minimum Gasteiger partial charge on any atom is 0 e. The zero-order chi connectivity index (χ0) is 2.71. The fraction of sp³-hybridized carbons (Fsp3) is 0. The van der Waals surface area contributed by atoms with Gasteiger partial charge in [0.15, 0.2) is 0 Å². The summed E-state index contributed by atoms with van der Waals surface area (Å²) in [7, 11) is 0. The third-order valence-corrected chi connectivity index (χ3v) is 0. The maximum Gasteiger partial charge on any atom is 0 e. The SMILES string of the molecule is [I][Pb][I].[Rb]. The van der Waals surface area contributed by atoms with Crippen molar-refractivity contribution in [3.05, 3.63) is 0 Å². The number of halogens is 2. The van der Waals surface area contributed by atoms with Gasteiger partial charge in [0.1, 0.15) is 0 Å². The summed E-state index contributed by atoms with van der Waals surface area (Å²) in [5, 5.41) is 0. The van der Waals surface area contributed by atoms with E-state index >= 15 is 0 Å². The molecule has 0 bridgehead atoms. The largest absolute Gasteiger partial charge is 0 e. The Bertz CT molecular complexity index is 6.00. The topological polar surface area (TPSA) is 0 Å². The smallest absolute Gasteiger partial charge is 0 e. The standard InChI is InChI=1S/2HI.Pb.Rb/h2*1H;;/q;;+2;/p-2. The summed E-state index contributed by atoms with van der Waals surface area (Å²) in [5.41, 5.74) is 0. The van der Waals surface area contributed by atoms with Crippen LogP contribution in [0, 0.1) is 0 Å². The first-order chi connectivity index (χ1) is 1.41. The third kappa shape index (κ3) is 9.50. The van der Waals surface area contributed by atoms with Crippen molar-refractivity contribution in [3.8, 4) is 0 Å². The average molecular weight is 546 g/mol. The van der Waals surface area contributed by atoms with E-state index in [0.717, 1.165) is 0 Å². The Morgan fingerprint density at radius 3 is 1.25 bits per heavy atom. The molecule has 0 aromatic rings. The van der Waals surface area contributed by atoms with Gasteiger partial charge in [-0.3, -0.25) is 0 Å². The second-order valence-electron chi connectivity index (χ2n) is 0.0714. The van der Waals surface area contributed by atoms with Gasteiger partial charge in [-0.25, -0.2) is 0 Å². The molecule has 4 heteroatoms. The molecule has 0 aliphatic carbocycles. The molecule has 0 aliphatic heterocycles. The number of hydrogen-bond donors (Lipinski definition) is 0. The summed E-state index contributed by atoms with van der Waals surface area (Å²) in [6.07, 6.45) is 0. The molecule has 0 fully saturated rings. The average Bonchev–Trinajstić information content (AvgIpc) is 0.918. The summed E-state index contributed by atoms with van der Waals surface area (Å²) >= 11 is 4.96. The second kappa shape index (κ2) is 10.2. The molecule has 0 saturated heterocycles. The van der Waals surface area contributed by atoms with Gasteiger partial charge in [-0.05, 0) is 0 Å². The van der Waals surface area contributed by atoms with Gasteiger partial charge in [0, 0.05) is 58.2 Å². The molecule has 0 N–H and O–H groups in total. The van der Waals surface area contributed by atoms with Gasteiger partial charge in [0.05, 0.1) is 0 Å². The number of hydrogen-bond acceptors (Lipinski definition) is 0. The van der Waals surface area contributed by atoms with E-state index in [1.807, 2.05) is 0 Å². The van der Waals surface area contributed by atoms with Crippen LogP contribution in [-0.2, 0) is 0 Å². The van der Waals surface area contributed by atoms with Crippen molar-refractivity contribution in [2.45, 2.75) is 0 Å². The van der Waals surface area contributed by atoms with Crippen LogP contribution in [-0.4, -0.2) is 73.8 Å². The van der Waals surface area contributed by atoms with E-state index in [9.17, 15) is 0 Å². The van der Waals surface area contributed by atoms with Crippen molar-refractivity contribution in [1.29, 1.82) is 0 Å². The molecule has 0 atom stereocenters. The molecule has 0 aliphatic rings. The Hall–Kier alpha value is 4.19. The van der Waals surface area contributed by atoms with E-state index in [0.29, 0.717) is 0 Å². The van der Waals surface area contributed by atoms with Gasteiger partial charge in [0.2, 0.25) is 0 Å². The first-order valence-electron chi connectivity index (χ1n) is 0.378. The summed E-state index contributed by atoms with van der Waals surface area (Å²) in [6.45, 7) is 0. The third-order valence-electron chi connectivity index (χ3n) is 0. The number of rotatable bonds is 0. The molecule has 0 nitrogen and oxygen atoms in total. The Balaban J connectivity index is 0. The monoisotopic (exact) mass is 547 g/mol. The van der Waals surface area contributed by atoms with Crippen LogP contribution in [0.15, 0.2) is 0 Å². The Morgan fingerprint density at radius 2 is 1.25 bits per heavy atom. The molecule has 0 rings (SSSR count). The maximum absolute atomic E-state index is 2.47. The summed E-state index contributed by atoms with van der Waals surface area (Å²) in [5.74, 6) is 0. The first kappa shape index (κ1) is 11.0. The van der Waals surface area contributed by atoms with Gasteiger partial charge in [-0.2, -0.15) is 0 Å². The van der Waals surface area contributed by atoms with Gasteiger partial charge in [0.25, 0.3) is 0 Å². The molecular weight excluding hydrogens is 546 g/mol.